The number of rotatable bonds is 3. The van der Waals surface area contributed by atoms with Crippen molar-refractivity contribution >= 4 is 15.9 Å². The smallest absolute Gasteiger partial charge is 0.123 e. The van der Waals surface area contributed by atoms with E-state index in [1.165, 1.54) is 12.1 Å². The maximum absolute atomic E-state index is 13.3. The molecule has 2 rings (SSSR count). The highest BCUT2D eigenvalue weighted by atomic mass is 79.9. The number of benzene rings is 1. The normalized spacial score (nSPS) is 12.7. The molecule has 0 spiro atoms. The SMILES string of the molecule is Cn1nccc1C(NN)c1cc(F)ccc1Br. The minimum absolute atomic E-state index is 0.300. The second kappa shape index (κ2) is 4.95. The number of hydrazine groups is 1. The summed E-state index contributed by atoms with van der Waals surface area (Å²) in [5.74, 6) is 5.25. The first-order chi connectivity index (χ1) is 8.13. The van der Waals surface area contributed by atoms with Crippen molar-refractivity contribution in [3.8, 4) is 0 Å². The number of hydrogen-bond acceptors (Lipinski definition) is 3. The number of aryl methyl sites for hydroxylation is 1. The monoisotopic (exact) mass is 298 g/mol. The summed E-state index contributed by atoms with van der Waals surface area (Å²) in [4.78, 5) is 0. The van der Waals surface area contributed by atoms with E-state index in [-0.39, 0.29) is 11.9 Å². The van der Waals surface area contributed by atoms with Gasteiger partial charge in [-0.05, 0) is 29.8 Å². The van der Waals surface area contributed by atoms with Crippen molar-refractivity contribution in [3.05, 3.63) is 52.0 Å². The van der Waals surface area contributed by atoms with Crippen LogP contribution in [0.15, 0.2) is 34.9 Å². The molecule has 1 heterocycles. The van der Waals surface area contributed by atoms with Gasteiger partial charge < -0.3 is 0 Å². The Kier molecular flexibility index (Phi) is 3.56. The Morgan fingerprint density at radius 3 is 2.82 bits per heavy atom. The van der Waals surface area contributed by atoms with Gasteiger partial charge in [0, 0.05) is 17.7 Å². The Balaban J connectivity index is 2.49. The molecule has 0 fully saturated rings. The van der Waals surface area contributed by atoms with E-state index >= 15 is 0 Å². The molecule has 3 N–H and O–H groups in total. The van der Waals surface area contributed by atoms with Crippen LogP contribution in [-0.4, -0.2) is 9.78 Å². The Morgan fingerprint density at radius 1 is 1.47 bits per heavy atom. The van der Waals surface area contributed by atoms with Gasteiger partial charge in [-0.25, -0.2) is 9.82 Å². The van der Waals surface area contributed by atoms with Gasteiger partial charge in [-0.1, -0.05) is 15.9 Å². The Morgan fingerprint density at radius 2 is 2.24 bits per heavy atom. The quantitative estimate of drug-likeness (QED) is 0.672. The lowest BCUT2D eigenvalue weighted by molar-refractivity contribution is 0.565. The lowest BCUT2D eigenvalue weighted by Gasteiger charge is -2.18. The molecule has 6 heteroatoms. The molecule has 0 aliphatic rings. The van der Waals surface area contributed by atoms with E-state index in [0.717, 1.165) is 15.7 Å². The number of halogens is 2. The topological polar surface area (TPSA) is 55.9 Å². The van der Waals surface area contributed by atoms with Crippen LogP contribution in [0.25, 0.3) is 0 Å². The van der Waals surface area contributed by atoms with Crippen molar-refractivity contribution in [3.63, 3.8) is 0 Å². The zero-order valence-electron chi connectivity index (χ0n) is 9.19. The predicted octanol–water partition coefficient (Wildman–Crippen LogP) is 1.87. The highest BCUT2D eigenvalue weighted by Crippen LogP contribution is 2.28. The molecule has 0 aliphatic carbocycles. The average Bonchev–Trinajstić information content (AvgIpc) is 2.71. The van der Waals surface area contributed by atoms with Crippen molar-refractivity contribution < 1.29 is 4.39 Å². The van der Waals surface area contributed by atoms with Gasteiger partial charge in [0.2, 0.25) is 0 Å². The van der Waals surface area contributed by atoms with E-state index in [0.29, 0.717) is 0 Å². The zero-order chi connectivity index (χ0) is 12.4. The van der Waals surface area contributed by atoms with Crippen LogP contribution in [0.4, 0.5) is 4.39 Å². The second-order valence-corrected chi connectivity index (χ2v) is 4.50. The van der Waals surface area contributed by atoms with Crippen LogP contribution in [0.1, 0.15) is 17.3 Å². The fourth-order valence-corrected chi connectivity index (χ4v) is 2.21. The van der Waals surface area contributed by atoms with E-state index in [1.54, 1.807) is 16.9 Å². The highest BCUT2D eigenvalue weighted by molar-refractivity contribution is 9.10. The number of nitrogens with zero attached hydrogens (tertiary/aromatic N) is 2. The fourth-order valence-electron chi connectivity index (χ4n) is 1.74. The van der Waals surface area contributed by atoms with Crippen LogP contribution in [0, 0.1) is 5.82 Å². The van der Waals surface area contributed by atoms with Gasteiger partial charge in [0.25, 0.3) is 0 Å². The van der Waals surface area contributed by atoms with Crippen molar-refractivity contribution in [2.24, 2.45) is 12.9 Å². The average molecular weight is 299 g/mol. The van der Waals surface area contributed by atoms with E-state index in [1.807, 2.05) is 13.1 Å². The van der Waals surface area contributed by atoms with E-state index < -0.39 is 0 Å². The summed E-state index contributed by atoms with van der Waals surface area (Å²) in [5, 5.41) is 4.08. The third kappa shape index (κ3) is 2.38. The molecule has 1 unspecified atom stereocenters. The van der Waals surface area contributed by atoms with Gasteiger partial charge in [0.05, 0.1) is 11.7 Å². The van der Waals surface area contributed by atoms with Crippen LogP contribution >= 0.6 is 15.9 Å². The third-order valence-corrected chi connectivity index (χ3v) is 3.31. The first-order valence-corrected chi connectivity index (χ1v) is 5.81. The highest BCUT2D eigenvalue weighted by Gasteiger charge is 2.18. The molecule has 1 aromatic heterocycles. The van der Waals surface area contributed by atoms with E-state index in [9.17, 15) is 4.39 Å². The lowest BCUT2D eigenvalue weighted by atomic mass is 10.0. The summed E-state index contributed by atoms with van der Waals surface area (Å²) in [7, 11) is 1.81. The second-order valence-electron chi connectivity index (χ2n) is 3.65. The molecule has 0 saturated heterocycles. The summed E-state index contributed by atoms with van der Waals surface area (Å²) < 4.78 is 15.8. The van der Waals surface area contributed by atoms with Gasteiger partial charge in [0.1, 0.15) is 5.82 Å². The summed E-state index contributed by atoms with van der Waals surface area (Å²) in [6.45, 7) is 0. The molecular formula is C11H12BrFN4. The van der Waals surface area contributed by atoms with Crippen molar-refractivity contribution in [1.29, 1.82) is 0 Å². The summed E-state index contributed by atoms with van der Waals surface area (Å²) in [6, 6.07) is 6.02. The van der Waals surface area contributed by atoms with Crippen molar-refractivity contribution in [1.82, 2.24) is 15.2 Å². The van der Waals surface area contributed by atoms with Crippen LogP contribution in [0.2, 0.25) is 0 Å². The van der Waals surface area contributed by atoms with Gasteiger partial charge >= 0.3 is 0 Å². The molecule has 90 valence electrons. The Labute approximate surface area is 107 Å². The maximum Gasteiger partial charge on any atom is 0.123 e. The van der Waals surface area contributed by atoms with Gasteiger partial charge in [-0.3, -0.25) is 10.5 Å². The van der Waals surface area contributed by atoms with Crippen molar-refractivity contribution in [2.45, 2.75) is 6.04 Å². The minimum atomic E-state index is -0.312. The molecule has 0 saturated carbocycles. The summed E-state index contributed by atoms with van der Waals surface area (Å²) in [6.07, 6.45) is 1.67. The lowest BCUT2D eigenvalue weighted by Crippen LogP contribution is -2.30. The molecular weight excluding hydrogens is 287 g/mol. The minimum Gasteiger partial charge on any atom is -0.271 e. The third-order valence-electron chi connectivity index (χ3n) is 2.59. The molecule has 1 atom stereocenters. The summed E-state index contributed by atoms with van der Waals surface area (Å²) in [5.41, 5.74) is 4.26. The fraction of sp³-hybridized carbons (Fsp3) is 0.182. The summed E-state index contributed by atoms with van der Waals surface area (Å²) >= 11 is 3.39. The van der Waals surface area contributed by atoms with Gasteiger partial charge in [-0.2, -0.15) is 5.10 Å². The van der Waals surface area contributed by atoms with Crippen LogP contribution in [-0.2, 0) is 7.05 Å². The number of nitrogens with one attached hydrogen (secondary N) is 1. The van der Waals surface area contributed by atoms with Gasteiger partial charge in [-0.15, -0.1) is 0 Å². The number of hydrogen-bond donors (Lipinski definition) is 2. The number of aromatic nitrogens is 2. The molecule has 0 aliphatic heterocycles. The maximum atomic E-state index is 13.3. The molecule has 2 aromatic rings. The Hall–Kier alpha value is -1.24. The molecule has 0 amide bonds. The predicted molar refractivity (Wildman–Crippen MR) is 66.5 cm³/mol. The van der Waals surface area contributed by atoms with E-state index in [2.05, 4.69) is 26.5 Å². The molecule has 0 radical (unpaired) electrons. The molecule has 1 aromatic carbocycles. The molecule has 0 bridgehead atoms. The Bertz CT molecular complexity index is 526. The van der Waals surface area contributed by atoms with Crippen LogP contribution < -0.4 is 11.3 Å². The van der Waals surface area contributed by atoms with Crippen LogP contribution in [0.5, 0.6) is 0 Å². The standard InChI is InChI=1S/C11H12BrFN4/c1-17-10(4-5-15-17)11(16-14)8-6-7(13)2-3-9(8)12/h2-6,11,16H,14H2,1H3. The molecule has 17 heavy (non-hydrogen) atoms. The largest absolute Gasteiger partial charge is 0.271 e. The van der Waals surface area contributed by atoms with E-state index in [4.69, 9.17) is 5.84 Å². The van der Waals surface area contributed by atoms with Crippen molar-refractivity contribution in [2.75, 3.05) is 0 Å². The first-order valence-electron chi connectivity index (χ1n) is 5.02. The zero-order valence-corrected chi connectivity index (χ0v) is 10.8. The number of nitrogens with two attached hydrogens (primary N) is 1. The van der Waals surface area contributed by atoms with Gasteiger partial charge in [0.15, 0.2) is 0 Å². The first kappa shape index (κ1) is 12.2. The van der Waals surface area contributed by atoms with Crippen LogP contribution in [0.3, 0.4) is 0 Å². The molecule has 4 nitrogen and oxygen atoms in total.